The van der Waals surface area contributed by atoms with E-state index >= 15 is 0 Å². The first-order valence-corrected chi connectivity index (χ1v) is 8.25. The van der Waals surface area contributed by atoms with Crippen LogP contribution in [0.15, 0.2) is 27.5 Å². The molecule has 1 N–H and O–H groups in total. The standard InChI is InChI=1S/C14H13N3O2S2/c1-2-4-9(18)8-21-14-16-12(11-5-3-6-20-11)10(7-15)13(19)17-14/h3,5-6H,2,4,8H2,1H3,(H,16,17,19). The van der Waals surface area contributed by atoms with Gasteiger partial charge in [0.05, 0.1) is 10.6 Å². The second kappa shape index (κ2) is 7.20. The van der Waals surface area contributed by atoms with Crippen molar-refractivity contribution in [1.29, 1.82) is 5.26 Å². The number of Topliss-reactive ketones (excluding diaryl/α,β-unsaturated/α-hetero) is 1. The predicted molar refractivity (Wildman–Crippen MR) is 83.5 cm³/mol. The summed E-state index contributed by atoms with van der Waals surface area (Å²) in [6.07, 6.45) is 1.32. The molecule has 0 saturated heterocycles. The van der Waals surface area contributed by atoms with Gasteiger partial charge in [-0.1, -0.05) is 24.8 Å². The van der Waals surface area contributed by atoms with E-state index in [1.807, 2.05) is 30.5 Å². The summed E-state index contributed by atoms with van der Waals surface area (Å²) in [5.74, 6) is 0.388. The van der Waals surface area contributed by atoms with E-state index in [1.165, 1.54) is 23.1 Å². The van der Waals surface area contributed by atoms with Gasteiger partial charge in [0.1, 0.15) is 23.1 Å². The molecule has 0 bridgehead atoms. The molecule has 0 aliphatic carbocycles. The lowest BCUT2D eigenvalue weighted by Crippen LogP contribution is -2.15. The molecule has 0 aliphatic heterocycles. The quantitative estimate of drug-likeness (QED) is 0.653. The van der Waals surface area contributed by atoms with E-state index in [-0.39, 0.29) is 17.1 Å². The van der Waals surface area contributed by atoms with Crippen LogP contribution in [0.3, 0.4) is 0 Å². The third-order valence-corrected chi connectivity index (χ3v) is 4.47. The second-order valence-corrected chi connectivity index (χ2v) is 6.17. The maximum Gasteiger partial charge on any atom is 0.270 e. The number of aromatic nitrogens is 2. The van der Waals surface area contributed by atoms with Gasteiger partial charge in [0.15, 0.2) is 5.16 Å². The lowest BCUT2D eigenvalue weighted by molar-refractivity contribution is -0.116. The molecule has 0 unspecified atom stereocenters. The van der Waals surface area contributed by atoms with E-state index in [0.717, 1.165) is 11.3 Å². The zero-order chi connectivity index (χ0) is 15.2. The van der Waals surface area contributed by atoms with Crippen molar-refractivity contribution >= 4 is 28.9 Å². The van der Waals surface area contributed by atoms with Crippen molar-refractivity contribution in [2.24, 2.45) is 0 Å². The molecule has 2 heterocycles. The fraction of sp³-hybridized carbons (Fsp3) is 0.286. The van der Waals surface area contributed by atoms with Crippen LogP contribution in [-0.2, 0) is 4.79 Å². The van der Waals surface area contributed by atoms with Crippen LogP contribution in [-0.4, -0.2) is 21.5 Å². The zero-order valence-electron chi connectivity index (χ0n) is 11.4. The highest BCUT2D eigenvalue weighted by Gasteiger charge is 2.14. The van der Waals surface area contributed by atoms with Crippen LogP contribution in [0.5, 0.6) is 0 Å². The van der Waals surface area contributed by atoms with Crippen LogP contribution in [0, 0.1) is 11.3 Å². The Hall–Kier alpha value is -1.91. The van der Waals surface area contributed by atoms with Gasteiger partial charge in [-0.25, -0.2) is 4.98 Å². The number of rotatable bonds is 6. The maximum atomic E-state index is 11.9. The predicted octanol–water partition coefficient (Wildman–Crippen LogP) is 2.83. The molecule has 0 atom stereocenters. The minimum atomic E-state index is -0.471. The maximum absolute atomic E-state index is 11.9. The third-order valence-electron chi connectivity index (χ3n) is 2.66. The summed E-state index contributed by atoms with van der Waals surface area (Å²) in [5.41, 5.74) is -0.0929. The Labute approximate surface area is 130 Å². The molecule has 108 valence electrons. The van der Waals surface area contributed by atoms with Gasteiger partial charge in [-0.2, -0.15) is 5.26 Å². The molecule has 0 spiro atoms. The van der Waals surface area contributed by atoms with Gasteiger partial charge in [-0.3, -0.25) is 9.59 Å². The molecule has 0 aliphatic rings. The Morgan fingerprint density at radius 3 is 3.00 bits per heavy atom. The summed E-state index contributed by atoms with van der Waals surface area (Å²) in [5, 5.41) is 11.3. The van der Waals surface area contributed by atoms with Crippen molar-refractivity contribution in [2.45, 2.75) is 24.9 Å². The first kappa shape index (κ1) is 15.5. The minimum absolute atomic E-state index is 0.00156. The van der Waals surface area contributed by atoms with Gasteiger partial charge < -0.3 is 4.98 Å². The highest BCUT2D eigenvalue weighted by Crippen LogP contribution is 2.26. The van der Waals surface area contributed by atoms with Crippen molar-refractivity contribution in [1.82, 2.24) is 9.97 Å². The number of nitrogens with zero attached hydrogens (tertiary/aromatic N) is 2. The molecule has 0 radical (unpaired) electrons. The summed E-state index contributed by atoms with van der Waals surface area (Å²) < 4.78 is 0. The van der Waals surface area contributed by atoms with E-state index in [9.17, 15) is 9.59 Å². The number of aromatic amines is 1. The third kappa shape index (κ3) is 3.80. The van der Waals surface area contributed by atoms with Crippen molar-refractivity contribution in [3.8, 4) is 16.6 Å². The van der Waals surface area contributed by atoms with Crippen LogP contribution >= 0.6 is 23.1 Å². The molecular weight excluding hydrogens is 306 g/mol. The van der Waals surface area contributed by atoms with E-state index < -0.39 is 5.56 Å². The van der Waals surface area contributed by atoms with Crippen molar-refractivity contribution in [3.63, 3.8) is 0 Å². The monoisotopic (exact) mass is 319 g/mol. The van der Waals surface area contributed by atoms with Crippen LogP contribution in [0.4, 0.5) is 0 Å². The Balaban J connectivity index is 2.31. The summed E-state index contributed by atoms with van der Waals surface area (Å²) in [6, 6.07) is 5.53. The number of thioether (sulfide) groups is 1. The number of nitriles is 1. The number of ketones is 1. The molecule has 0 amide bonds. The van der Waals surface area contributed by atoms with E-state index in [2.05, 4.69) is 9.97 Å². The highest BCUT2D eigenvalue weighted by molar-refractivity contribution is 7.99. The fourth-order valence-electron chi connectivity index (χ4n) is 1.72. The van der Waals surface area contributed by atoms with E-state index in [1.54, 1.807) is 0 Å². The van der Waals surface area contributed by atoms with Crippen LogP contribution < -0.4 is 5.56 Å². The second-order valence-electron chi connectivity index (χ2n) is 4.26. The van der Waals surface area contributed by atoms with Crippen LogP contribution in [0.25, 0.3) is 10.6 Å². The zero-order valence-corrected chi connectivity index (χ0v) is 13.0. The molecule has 2 aromatic heterocycles. The summed E-state index contributed by atoms with van der Waals surface area (Å²) in [6.45, 7) is 1.94. The van der Waals surface area contributed by atoms with Gasteiger partial charge in [0.25, 0.3) is 5.56 Å². The van der Waals surface area contributed by atoms with Crippen molar-refractivity contribution in [3.05, 3.63) is 33.4 Å². The van der Waals surface area contributed by atoms with Gasteiger partial charge in [-0.05, 0) is 17.9 Å². The molecule has 0 aromatic carbocycles. The molecule has 21 heavy (non-hydrogen) atoms. The molecule has 2 aromatic rings. The van der Waals surface area contributed by atoms with Gasteiger partial charge in [0, 0.05) is 6.42 Å². The number of hydrogen-bond donors (Lipinski definition) is 1. The normalized spacial score (nSPS) is 10.3. The molecular formula is C14H13N3O2S2. The summed E-state index contributed by atoms with van der Waals surface area (Å²) >= 11 is 2.61. The molecule has 2 rings (SSSR count). The Kier molecular flexibility index (Phi) is 5.31. The first-order chi connectivity index (χ1) is 10.2. The van der Waals surface area contributed by atoms with Crippen molar-refractivity contribution < 1.29 is 4.79 Å². The van der Waals surface area contributed by atoms with E-state index in [4.69, 9.17) is 5.26 Å². The number of thiophene rings is 1. The minimum Gasteiger partial charge on any atom is -0.300 e. The lowest BCUT2D eigenvalue weighted by Gasteiger charge is -2.04. The number of hydrogen-bond acceptors (Lipinski definition) is 6. The van der Waals surface area contributed by atoms with Crippen LogP contribution in [0.1, 0.15) is 25.3 Å². The Morgan fingerprint density at radius 2 is 2.38 bits per heavy atom. The Morgan fingerprint density at radius 1 is 1.57 bits per heavy atom. The molecule has 5 nitrogen and oxygen atoms in total. The first-order valence-electron chi connectivity index (χ1n) is 6.38. The molecule has 0 fully saturated rings. The SMILES string of the molecule is CCCC(=O)CSc1nc(-c2cccs2)c(C#N)c(=O)[nH]1. The van der Waals surface area contributed by atoms with Gasteiger partial charge >= 0.3 is 0 Å². The van der Waals surface area contributed by atoms with Crippen molar-refractivity contribution in [2.75, 3.05) is 5.75 Å². The van der Waals surface area contributed by atoms with E-state index in [0.29, 0.717) is 17.3 Å². The number of H-pyrrole nitrogens is 1. The average molecular weight is 319 g/mol. The number of carbonyl (C=O) groups is 1. The highest BCUT2D eigenvalue weighted by atomic mass is 32.2. The van der Waals surface area contributed by atoms with Crippen LogP contribution in [0.2, 0.25) is 0 Å². The Bertz CT molecular complexity index is 730. The molecule has 7 heteroatoms. The average Bonchev–Trinajstić information content (AvgIpc) is 2.99. The summed E-state index contributed by atoms with van der Waals surface area (Å²) in [7, 11) is 0. The topological polar surface area (TPSA) is 86.6 Å². The van der Waals surface area contributed by atoms with Gasteiger partial charge in [-0.15, -0.1) is 11.3 Å². The smallest absolute Gasteiger partial charge is 0.270 e. The number of carbonyl (C=O) groups excluding carboxylic acids is 1. The fourth-order valence-corrected chi connectivity index (χ4v) is 3.20. The molecule has 0 saturated carbocycles. The van der Waals surface area contributed by atoms with Gasteiger partial charge in [0.2, 0.25) is 0 Å². The summed E-state index contributed by atoms with van der Waals surface area (Å²) in [4.78, 5) is 31.1. The lowest BCUT2D eigenvalue weighted by atomic mass is 10.2. The number of nitrogens with one attached hydrogen (secondary N) is 1. The largest absolute Gasteiger partial charge is 0.300 e.